The summed E-state index contributed by atoms with van der Waals surface area (Å²) in [6.45, 7) is 5.81. The minimum Gasteiger partial charge on any atom is -0.475 e. The number of carbonyl (C=O) groups excluding carboxylic acids is 1. The highest BCUT2D eigenvalue weighted by atomic mass is 35.5. The highest BCUT2D eigenvalue weighted by Crippen LogP contribution is 2.37. The van der Waals surface area contributed by atoms with Gasteiger partial charge in [0.2, 0.25) is 5.91 Å². The maximum Gasteiger partial charge on any atom is 0.490 e. The zero-order chi connectivity index (χ0) is 29.9. The van der Waals surface area contributed by atoms with Crippen LogP contribution in [0.4, 0.5) is 26.3 Å². The molecule has 0 aliphatic carbocycles. The number of rotatable bonds is 7. The van der Waals surface area contributed by atoms with Crippen molar-refractivity contribution in [3.63, 3.8) is 0 Å². The van der Waals surface area contributed by atoms with Crippen LogP contribution in [0, 0.1) is 0 Å². The lowest BCUT2D eigenvalue weighted by molar-refractivity contribution is -0.192. The molecule has 1 amide bonds. The van der Waals surface area contributed by atoms with Gasteiger partial charge in [0.15, 0.2) is 0 Å². The topological polar surface area (TPSA) is 111 Å². The third-order valence-corrected chi connectivity index (χ3v) is 6.08. The van der Waals surface area contributed by atoms with E-state index in [-0.39, 0.29) is 33.4 Å². The number of imidazole rings is 1. The number of fused-ring (bicyclic) bond motifs is 1. The molecule has 0 atom stereocenters. The molecule has 1 aromatic heterocycles. The SMILES string of the molecule is CCN(CC)CCn1c(=O)n(-c2ccc(Cl)cc2Cl)c2c(C(F)(F)F)cc(C(N)=O)cc21.O=C(O)C(F)(F)F. The summed E-state index contributed by atoms with van der Waals surface area (Å²) in [5, 5.41) is 7.40. The number of carboxylic acid groups (broad SMARTS) is 1. The minimum absolute atomic E-state index is 0.00879. The Labute approximate surface area is 227 Å². The average molecular weight is 603 g/mol. The molecular formula is C23H22Cl2F6N4O4. The van der Waals surface area contributed by atoms with E-state index in [1.807, 2.05) is 18.7 Å². The molecular weight excluding hydrogens is 581 g/mol. The summed E-state index contributed by atoms with van der Waals surface area (Å²) >= 11 is 12.2. The molecule has 0 fully saturated rings. The first kappa shape index (κ1) is 32.0. The number of aliphatic carboxylic acids is 1. The fourth-order valence-electron chi connectivity index (χ4n) is 3.62. The van der Waals surface area contributed by atoms with E-state index in [1.54, 1.807) is 0 Å². The molecule has 0 bridgehead atoms. The van der Waals surface area contributed by atoms with Crippen LogP contribution in [0.1, 0.15) is 29.8 Å². The van der Waals surface area contributed by atoms with E-state index >= 15 is 0 Å². The van der Waals surface area contributed by atoms with Gasteiger partial charge in [-0.05, 0) is 43.4 Å². The molecule has 0 aliphatic rings. The number of likely N-dealkylation sites (N-methyl/N-ethyl adjacent to an activating group) is 1. The molecule has 214 valence electrons. The van der Waals surface area contributed by atoms with Crippen molar-refractivity contribution in [3.8, 4) is 5.69 Å². The molecule has 0 saturated heterocycles. The van der Waals surface area contributed by atoms with E-state index in [0.717, 1.165) is 4.57 Å². The number of primary amides is 1. The predicted octanol–water partition coefficient (Wildman–Crippen LogP) is 5.19. The Hall–Kier alpha value is -3.23. The van der Waals surface area contributed by atoms with Crippen molar-refractivity contribution in [2.24, 2.45) is 5.73 Å². The number of benzene rings is 2. The minimum atomic E-state index is -5.08. The van der Waals surface area contributed by atoms with Crippen LogP contribution in [0.2, 0.25) is 10.0 Å². The van der Waals surface area contributed by atoms with Crippen LogP contribution in [0.15, 0.2) is 35.1 Å². The highest BCUT2D eigenvalue weighted by Gasteiger charge is 2.38. The lowest BCUT2D eigenvalue weighted by Crippen LogP contribution is -2.31. The maximum absolute atomic E-state index is 14.0. The second-order valence-electron chi connectivity index (χ2n) is 7.95. The van der Waals surface area contributed by atoms with Crippen LogP contribution in [-0.2, 0) is 17.5 Å². The number of nitrogens with two attached hydrogens (primary N) is 1. The number of carboxylic acids is 1. The summed E-state index contributed by atoms with van der Waals surface area (Å²) in [7, 11) is 0. The Morgan fingerprint density at radius 2 is 1.59 bits per heavy atom. The molecule has 3 N–H and O–H groups in total. The van der Waals surface area contributed by atoms with E-state index in [4.69, 9.17) is 38.8 Å². The number of nitrogens with zero attached hydrogens (tertiary/aromatic N) is 3. The summed E-state index contributed by atoms with van der Waals surface area (Å²) in [6, 6.07) is 6.01. The summed E-state index contributed by atoms with van der Waals surface area (Å²) in [5.74, 6) is -3.79. The van der Waals surface area contributed by atoms with Gasteiger partial charge in [-0.3, -0.25) is 13.9 Å². The van der Waals surface area contributed by atoms with Crippen LogP contribution in [-0.4, -0.2) is 56.8 Å². The molecule has 39 heavy (non-hydrogen) atoms. The molecule has 1 heterocycles. The van der Waals surface area contributed by atoms with Crippen LogP contribution >= 0.6 is 23.2 Å². The molecule has 0 unspecified atom stereocenters. The zero-order valence-corrected chi connectivity index (χ0v) is 21.8. The third kappa shape index (κ3) is 7.46. The van der Waals surface area contributed by atoms with Crippen molar-refractivity contribution in [1.29, 1.82) is 0 Å². The van der Waals surface area contributed by atoms with Crippen molar-refractivity contribution < 1.29 is 41.0 Å². The third-order valence-electron chi connectivity index (χ3n) is 5.54. The van der Waals surface area contributed by atoms with Crippen molar-refractivity contribution in [2.45, 2.75) is 32.7 Å². The lowest BCUT2D eigenvalue weighted by Gasteiger charge is -2.18. The van der Waals surface area contributed by atoms with Crippen molar-refractivity contribution in [2.75, 3.05) is 19.6 Å². The first-order chi connectivity index (χ1) is 17.9. The lowest BCUT2D eigenvalue weighted by atomic mass is 10.1. The zero-order valence-electron chi connectivity index (χ0n) is 20.3. The van der Waals surface area contributed by atoms with Gasteiger partial charge in [0, 0.05) is 23.7 Å². The van der Waals surface area contributed by atoms with Crippen LogP contribution in [0.5, 0.6) is 0 Å². The van der Waals surface area contributed by atoms with Crippen molar-refractivity contribution in [3.05, 3.63) is 62.0 Å². The number of hydrogen-bond acceptors (Lipinski definition) is 4. The van der Waals surface area contributed by atoms with Crippen LogP contribution in [0.25, 0.3) is 16.7 Å². The molecule has 0 radical (unpaired) electrons. The monoisotopic (exact) mass is 602 g/mol. The summed E-state index contributed by atoms with van der Waals surface area (Å²) < 4.78 is 76.0. The van der Waals surface area contributed by atoms with Crippen molar-refractivity contribution in [1.82, 2.24) is 14.0 Å². The Kier molecular flexibility index (Phi) is 10.1. The fourth-order valence-corrected chi connectivity index (χ4v) is 4.11. The van der Waals surface area contributed by atoms with Crippen molar-refractivity contribution >= 4 is 46.1 Å². The van der Waals surface area contributed by atoms with Gasteiger partial charge in [0.25, 0.3) is 0 Å². The maximum atomic E-state index is 14.0. The van der Waals surface area contributed by atoms with E-state index in [9.17, 15) is 35.9 Å². The van der Waals surface area contributed by atoms with Gasteiger partial charge in [-0.2, -0.15) is 26.3 Å². The van der Waals surface area contributed by atoms with Gasteiger partial charge in [-0.1, -0.05) is 37.0 Å². The van der Waals surface area contributed by atoms with E-state index in [0.29, 0.717) is 25.7 Å². The number of amides is 1. The molecule has 16 heteroatoms. The van der Waals surface area contributed by atoms with E-state index < -0.39 is 41.0 Å². The Balaban J connectivity index is 0.000000673. The number of carbonyl (C=O) groups is 2. The van der Waals surface area contributed by atoms with E-state index in [1.165, 1.54) is 28.8 Å². The molecule has 0 spiro atoms. The molecule has 0 saturated carbocycles. The summed E-state index contributed by atoms with van der Waals surface area (Å²) in [4.78, 5) is 36.1. The van der Waals surface area contributed by atoms with Gasteiger partial charge in [0.1, 0.15) is 0 Å². The Morgan fingerprint density at radius 1 is 1.03 bits per heavy atom. The first-order valence-electron chi connectivity index (χ1n) is 11.1. The second kappa shape index (κ2) is 12.3. The molecule has 0 aliphatic heterocycles. The van der Waals surface area contributed by atoms with Crippen LogP contribution < -0.4 is 11.4 Å². The molecule has 2 aromatic carbocycles. The molecule has 8 nitrogen and oxygen atoms in total. The highest BCUT2D eigenvalue weighted by molar-refractivity contribution is 6.35. The standard InChI is InChI=1S/C21H21Cl2F3N4O2.C2HF3O2/c1-3-28(4-2)7-8-29-17-10-12(19(27)31)9-14(21(24,25)26)18(17)30(20(29)32)16-6-5-13(22)11-15(16)23;3-2(4,5)1(6)7/h5-6,9-11H,3-4,7-8H2,1-2H3,(H2,27,31);(H,6,7). The quantitative estimate of drug-likeness (QED) is 0.362. The Morgan fingerprint density at radius 3 is 2.03 bits per heavy atom. The normalized spacial score (nSPS) is 12.0. The number of hydrogen-bond donors (Lipinski definition) is 2. The molecule has 3 rings (SSSR count). The largest absolute Gasteiger partial charge is 0.490 e. The van der Waals surface area contributed by atoms with E-state index in [2.05, 4.69) is 0 Å². The summed E-state index contributed by atoms with van der Waals surface area (Å²) in [6.07, 6.45) is -9.94. The predicted molar refractivity (Wildman–Crippen MR) is 133 cm³/mol. The van der Waals surface area contributed by atoms with Gasteiger partial charge >= 0.3 is 24.0 Å². The van der Waals surface area contributed by atoms with Gasteiger partial charge in [-0.25, -0.2) is 9.59 Å². The fraction of sp³-hybridized carbons (Fsp3) is 0.348. The van der Waals surface area contributed by atoms with Gasteiger partial charge in [0.05, 0.1) is 27.3 Å². The number of halogens is 8. The van der Waals surface area contributed by atoms with Gasteiger partial charge in [-0.15, -0.1) is 0 Å². The molecule has 3 aromatic rings. The van der Waals surface area contributed by atoms with Gasteiger partial charge < -0.3 is 15.7 Å². The number of aromatic nitrogens is 2. The van der Waals surface area contributed by atoms with Crippen LogP contribution in [0.3, 0.4) is 0 Å². The number of alkyl halides is 6. The Bertz CT molecular complexity index is 1430. The first-order valence-corrected chi connectivity index (χ1v) is 11.8. The second-order valence-corrected chi connectivity index (χ2v) is 8.79. The smallest absolute Gasteiger partial charge is 0.475 e. The average Bonchev–Trinajstić information content (AvgIpc) is 3.09. The summed E-state index contributed by atoms with van der Waals surface area (Å²) in [5.41, 5.74) is 2.64.